The van der Waals surface area contributed by atoms with Gasteiger partial charge in [0.15, 0.2) is 5.94 Å². The third-order valence-corrected chi connectivity index (χ3v) is 0.489. The van der Waals surface area contributed by atoms with Crippen molar-refractivity contribution < 1.29 is 39.1 Å². The van der Waals surface area contributed by atoms with Crippen molar-refractivity contribution in [3.63, 3.8) is 0 Å². The van der Waals surface area contributed by atoms with Gasteiger partial charge in [0.25, 0.3) is 10.1 Å². The molecule has 0 saturated heterocycles. The summed E-state index contributed by atoms with van der Waals surface area (Å²) in [4.78, 5) is 0. The van der Waals surface area contributed by atoms with Crippen molar-refractivity contribution in [2.24, 2.45) is 0 Å². The Morgan fingerprint density at radius 1 is 1.43 bits per heavy atom. The number of hydrogen-bond acceptors (Lipinski definition) is 3. The topological polar surface area (TPSA) is 74.6 Å². The van der Waals surface area contributed by atoms with E-state index in [0.29, 0.717) is 0 Å². The van der Waals surface area contributed by atoms with Crippen LogP contribution in [-0.2, 0) is 31.2 Å². The van der Waals surface area contributed by atoms with Crippen molar-refractivity contribution in [2.45, 2.75) is 0 Å². The Morgan fingerprint density at radius 2 is 1.57 bits per heavy atom. The summed E-state index contributed by atoms with van der Waals surface area (Å²) in [5, 5.41) is 7.56. The van der Waals surface area contributed by atoms with Gasteiger partial charge in [-0.1, -0.05) is 0 Å². The molecule has 7 heavy (non-hydrogen) atoms. The zero-order chi connectivity index (χ0) is 5.21. The molecule has 0 aliphatic heterocycles. The second-order valence-corrected chi connectivity index (χ2v) is 2.13. The number of rotatable bonds is 1. The summed E-state index contributed by atoms with van der Waals surface area (Å²) in [5.74, 6) is -1.20. The third kappa shape index (κ3) is 10.8. The minimum atomic E-state index is -4.11. The van der Waals surface area contributed by atoms with Crippen molar-refractivity contribution in [1.29, 1.82) is 0 Å². The fourth-order valence-electron chi connectivity index (χ4n) is 0. The minimum absolute atomic E-state index is 0. The average molecular weight is 208 g/mol. The van der Waals surface area contributed by atoms with Gasteiger partial charge in [-0.3, -0.25) is 4.55 Å². The molecule has 2 N–H and O–H groups in total. The maximum atomic E-state index is 9.31. The summed E-state index contributed by atoms with van der Waals surface area (Å²) >= 11 is 0. The molecule has 0 aromatic rings. The maximum Gasteiger partial charge on any atom is 0.289 e. The summed E-state index contributed by atoms with van der Waals surface area (Å²) in [6, 6.07) is 0. The van der Waals surface area contributed by atoms with Crippen LogP contribution in [0.15, 0.2) is 0 Å². The average Bonchev–Trinajstić information content (AvgIpc) is 1.35. The molecular weight excluding hydrogens is 204 g/mol. The first-order valence-corrected chi connectivity index (χ1v) is 2.73. The molecule has 0 radical (unpaired) electrons. The van der Waals surface area contributed by atoms with E-state index in [0.717, 1.165) is 0 Å². The van der Waals surface area contributed by atoms with E-state index in [1.54, 1.807) is 0 Å². The van der Waals surface area contributed by atoms with Crippen LogP contribution in [0.3, 0.4) is 0 Å². The summed E-state index contributed by atoms with van der Waals surface area (Å²) in [6.45, 7) is 0. The Hall–Kier alpha value is 0.558. The normalized spacial score (nSPS) is 10.0. The van der Waals surface area contributed by atoms with E-state index in [1.165, 1.54) is 0 Å². The van der Waals surface area contributed by atoms with E-state index >= 15 is 0 Å². The minimum Gasteiger partial charge on any atom is -0.378 e. The number of aliphatic hydroxyl groups is 1. The summed E-state index contributed by atoms with van der Waals surface area (Å²) in [6.07, 6.45) is 0. The molecule has 0 fully saturated rings. The van der Waals surface area contributed by atoms with Crippen LogP contribution in [0.1, 0.15) is 0 Å². The SMILES string of the molecule is O=S(=O)(O)CO.[Mo]. The van der Waals surface area contributed by atoms with E-state index in [2.05, 4.69) is 0 Å². The van der Waals surface area contributed by atoms with Crippen LogP contribution in [-0.4, -0.2) is 24.0 Å². The van der Waals surface area contributed by atoms with E-state index in [4.69, 9.17) is 9.66 Å². The van der Waals surface area contributed by atoms with Crippen LogP contribution in [0.25, 0.3) is 0 Å². The molecule has 0 rings (SSSR count). The molecule has 4 nitrogen and oxygen atoms in total. The molecule has 0 saturated carbocycles. The first kappa shape index (κ1) is 10.5. The van der Waals surface area contributed by atoms with Crippen molar-refractivity contribution in [2.75, 3.05) is 5.94 Å². The van der Waals surface area contributed by atoms with Crippen LogP contribution in [0.5, 0.6) is 0 Å². The van der Waals surface area contributed by atoms with Gasteiger partial charge in [-0.15, -0.1) is 0 Å². The second kappa shape index (κ2) is 3.55. The van der Waals surface area contributed by atoms with Gasteiger partial charge in [0.1, 0.15) is 0 Å². The van der Waals surface area contributed by atoms with Gasteiger partial charge in [0.2, 0.25) is 0 Å². The smallest absolute Gasteiger partial charge is 0.289 e. The maximum absolute atomic E-state index is 9.31. The standard InChI is InChI=1S/CH4O4S.Mo/c2-1-6(3,4)5;/h2H,1H2,(H,3,4,5);. The van der Waals surface area contributed by atoms with Crippen LogP contribution in [0.2, 0.25) is 0 Å². The molecule has 6 heteroatoms. The Labute approximate surface area is 55.6 Å². The first-order valence-electron chi connectivity index (χ1n) is 1.12. The molecule has 0 atom stereocenters. The molecule has 0 aliphatic carbocycles. The largest absolute Gasteiger partial charge is 0.378 e. The molecule has 0 amide bonds. The number of hydrogen-bond donors (Lipinski definition) is 2. The van der Waals surface area contributed by atoms with E-state index in [9.17, 15) is 8.42 Å². The van der Waals surface area contributed by atoms with Crippen LogP contribution < -0.4 is 0 Å². The molecule has 0 spiro atoms. The predicted molar refractivity (Wildman–Crippen MR) is 18.6 cm³/mol. The fraction of sp³-hybridized carbons (Fsp3) is 1.00. The van der Waals surface area contributed by atoms with E-state index in [-0.39, 0.29) is 21.1 Å². The molecule has 0 aromatic carbocycles. The quantitative estimate of drug-likeness (QED) is 0.420. The Bertz CT molecular complexity index is 114. The predicted octanol–water partition coefficient (Wildman–Crippen LogP) is -1.18. The van der Waals surface area contributed by atoms with E-state index in [1.807, 2.05) is 0 Å². The zero-order valence-corrected chi connectivity index (χ0v) is 6.06. The molecule has 0 bridgehead atoms. The molecule has 0 unspecified atom stereocenters. The van der Waals surface area contributed by atoms with Gasteiger partial charge in [-0.25, -0.2) is 0 Å². The van der Waals surface area contributed by atoms with Crippen molar-refractivity contribution in [3.8, 4) is 0 Å². The molecule has 0 aliphatic rings. The number of aliphatic hydroxyl groups excluding tert-OH is 1. The van der Waals surface area contributed by atoms with E-state index < -0.39 is 16.1 Å². The van der Waals surface area contributed by atoms with Gasteiger partial charge in [0, 0.05) is 21.1 Å². The fourth-order valence-corrected chi connectivity index (χ4v) is 0. The van der Waals surface area contributed by atoms with Crippen molar-refractivity contribution >= 4 is 10.1 Å². The molecule has 44 valence electrons. The molecular formula is CH4MoO4S. The second-order valence-electron chi connectivity index (χ2n) is 0.711. The van der Waals surface area contributed by atoms with Crippen LogP contribution in [0.4, 0.5) is 0 Å². The monoisotopic (exact) mass is 210 g/mol. The Kier molecular flexibility index (Phi) is 5.33. The molecule has 0 heterocycles. The summed E-state index contributed by atoms with van der Waals surface area (Å²) in [5.41, 5.74) is 0. The zero-order valence-electron chi connectivity index (χ0n) is 3.23. The summed E-state index contributed by atoms with van der Waals surface area (Å²) in [7, 11) is -4.11. The Morgan fingerprint density at radius 3 is 1.57 bits per heavy atom. The van der Waals surface area contributed by atoms with Crippen molar-refractivity contribution in [1.82, 2.24) is 0 Å². The molecule has 0 aromatic heterocycles. The van der Waals surface area contributed by atoms with Gasteiger partial charge >= 0.3 is 0 Å². The van der Waals surface area contributed by atoms with Crippen LogP contribution in [0, 0.1) is 0 Å². The van der Waals surface area contributed by atoms with Gasteiger partial charge < -0.3 is 5.11 Å². The first-order chi connectivity index (χ1) is 2.56. The Balaban J connectivity index is 0. The summed E-state index contributed by atoms with van der Waals surface area (Å²) < 4.78 is 26.2. The van der Waals surface area contributed by atoms with Crippen LogP contribution >= 0.6 is 0 Å². The van der Waals surface area contributed by atoms with Gasteiger partial charge in [0.05, 0.1) is 0 Å². The third-order valence-electron chi connectivity index (χ3n) is 0.163. The van der Waals surface area contributed by atoms with Gasteiger partial charge in [-0.05, 0) is 0 Å². The van der Waals surface area contributed by atoms with Crippen molar-refractivity contribution in [3.05, 3.63) is 0 Å². The van der Waals surface area contributed by atoms with Gasteiger partial charge in [-0.2, -0.15) is 8.42 Å².